The number of Topliss-reactive ketones (excluding diaryl/α,β-unsaturated/α-hetero) is 1. The minimum atomic E-state index is -3.66. The maximum absolute atomic E-state index is 13.1. The standard InChI is InChI=1S/C26H28N2O6S/c1-18-7-4-5-10-23(18)26(30)34-17-25(29)24-15-19(2)28(20(24)3)21-8-6-9-22(16-21)35(31,32)27-11-13-33-14-12-27/h4-10,15-16H,11-14,17H2,1-3H3. The largest absolute Gasteiger partial charge is 0.454 e. The third-order valence-electron chi connectivity index (χ3n) is 6.11. The lowest BCUT2D eigenvalue weighted by Crippen LogP contribution is -2.40. The molecule has 3 aromatic rings. The van der Waals surface area contributed by atoms with Gasteiger partial charge in [0.05, 0.1) is 23.7 Å². The Morgan fingerprint density at radius 3 is 2.37 bits per heavy atom. The van der Waals surface area contributed by atoms with Crippen LogP contribution in [0.5, 0.6) is 0 Å². The molecule has 1 aliphatic heterocycles. The van der Waals surface area contributed by atoms with Gasteiger partial charge in [0.1, 0.15) is 0 Å². The van der Waals surface area contributed by atoms with E-state index < -0.39 is 16.0 Å². The quantitative estimate of drug-likeness (QED) is 0.367. The number of rotatable bonds is 7. The van der Waals surface area contributed by atoms with Crippen LogP contribution in [0.4, 0.5) is 0 Å². The van der Waals surface area contributed by atoms with Crippen molar-refractivity contribution in [2.45, 2.75) is 25.7 Å². The predicted octanol–water partition coefficient (Wildman–Crippen LogP) is 3.46. The highest BCUT2D eigenvalue weighted by Crippen LogP contribution is 2.25. The number of hydrogen-bond donors (Lipinski definition) is 0. The van der Waals surface area contributed by atoms with Crippen molar-refractivity contribution in [1.29, 1.82) is 0 Å². The van der Waals surface area contributed by atoms with Crippen molar-refractivity contribution < 1.29 is 27.5 Å². The van der Waals surface area contributed by atoms with Crippen LogP contribution < -0.4 is 0 Å². The second-order valence-corrected chi connectivity index (χ2v) is 10.4. The Morgan fingerprint density at radius 2 is 1.66 bits per heavy atom. The van der Waals surface area contributed by atoms with E-state index in [4.69, 9.17) is 9.47 Å². The molecule has 0 saturated carbocycles. The van der Waals surface area contributed by atoms with Gasteiger partial charge in [-0.1, -0.05) is 24.3 Å². The summed E-state index contributed by atoms with van der Waals surface area (Å²) >= 11 is 0. The van der Waals surface area contributed by atoms with E-state index in [0.29, 0.717) is 48.8 Å². The van der Waals surface area contributed by atoms with Crippen molar-refractivity contribution in [2.75, 3.05) is 32.9 Å². The Morgan fingerprint density at radius 1 is 0.943 bits per heavy atom. The molecule has 0 N–H and O–H groups in total. The Balaban J connectivity index is 1.56. The number of ether oxygens (including phenoxy) is 2. The lowest BCUT2D eigenvalue weighted by atomic mass is 10.1. The number of ketones is 1. The predicted molar refractivity (Wildman–Crippen MR) is 131 cm³/mol. The van der Waals surface area contributed by atoms with Crippen LogP contribution in [0.2, 0.25) is 0 Å². The van der Waals surface area contributed by atoms with E-state index in [1.54, 1.807) is 62.4 Å². The van der Waals surface area contributed by atoms with Gasteiger partial charge in [0.25, 0.3) is 0 Å². The Labute approximate surface area is 205 Å². The molecule has 9 heteroatoms. The lowest BCUT2D eigenvalue weighted by molar-refractivity contribution is 0.0474. The highest BCUT2D eigenvalue weighted by molar-refractivity contribution is 7.89. The van der Waals surface area contributed by atoms with Gasteiger partial charge in [0.2, 0.25) is 15.8 Å². The molecule has 1 aromatic heterocycles. The van der Waals surface area contributed by atoms with Crippen LogP contribution in [0.1, 0.15) is 37.7 Å². The molecule has 4 rings (SSSR count). The molecule has 2 heterocycles. The summed E-state index contributed by atoms with van der Waals surface area (Å²) in [6, 6.07) is 15.4. The smallest absolute Gasteiger partial charge is 0.338 e. The molecule has 0 unspecified atom stereocenters. The zero-order valence-electron chi connectivity index (χ0n) is 20.0. The fourth-order valence-corrected chi connectivity index (χ4v) is 5.70. The van der Waals surface area contributed by atoms with Crippen molar-refractivity contribution in [3.63, 3.8) is 0 Å². The van der Waals surface area contributed by atoms with Gasteiger partial charge in [-0.15, -0.1) is 0 Å². The summed E-state index contributed by atoms with van der Waals surface area (Å²) in [5.41, 5.74) is 3.64. The molecule has 2 aromatic carbocycles. The van der Waals surface area contributed by atoms with Crippen molar-refractivity contribution in [1.82, 2.24) is 8.87 Å². The minimum Gasteiger partial charge on any atom is -0.454 e. The topological polar surface area (TPSA) is 94.9 Å². The third-order valence-corrected chi connectivity index (χ3v) is 8.01. The number of aromatic nitrogens is 1. The van der Waals surface area contributed by atoms with Gasteiger partial charge >= 0.3 is 5.97 Å². The Hall–Kier alpha value is -3.27. The summed E-state index contributed by atoms with van der Waals surface area (Å²) in [7, 11) is -3.66. The van der Waals surface area contributed by atoms with Crippen molar-refractivity contribution >= 4 is 21.8 Å². The summed E-state index contributed by atoms with van der Waals surface area (Å²) in [6.45, 7) is 6.41. The van der Waals surface area contributed by atoms with E-state index in [0.717, 1.165) is 11.3 Å². The molecule has 1 aliphatic rings. The second-order valence-electron chi connectivity index (χ2n) is 8.45. The Bertz CT molecular complexity index is 1370. The number of morpholine rings is 1. The number of benzene rings is 2. The highest BCUT2D eigenvalue weighted by atomic mass is 32.2. The normalized spacial score (nSPS) is 14.6. The van der Waals surface area contributed by atoms with Gasteiger partial charge in [0.15, 0.2) is 6.61 Å². The molecule has 35 heavy (non-hydrogen) atoms. The average Bonchev–Trinajstić information content (AvgIpc) is 3.17. The SMILES string of the molecule is Cc1ccccc1C(=O)OCC(=O)c1cc(C)n(-c2cccc(S(=O)(=O)N3CCOCC3)c2)c1C. The van der Waals surface area contributed by atoms with Crippen molar-refractivity contribution in [3.05, 3.63) is 82.7 Å². The first kappa shape index (κ1) is 24.8. The van der Waals surface area contributed by atoms with Crippen LogP contribution >= 0.6 is 0 Å². The molecular formula is C26H28N2O6S. The fourth-order valence-electron chi connectivity index (χ4n) is 4.25. The number of sulfonamides is 1. The molecule has 0 radical (unpaired) electrons. The first-order chi connectivity index (χ1) is 16.7. The van der Waals surface area contributed by atoms with Crippen LogP contribution in [0.15, 0.2) is 59.5 Å². The molecule has 1 saturated heterocycles. The van der Waals surface area contributed by atoms with Crippen LogP contribution in [-0.4, -0.2) is 62.0 Å². The minimum absolute atomic E-state index is 0.185. The van der Waals surface area contributed by atoms with Crippen molar-refractivity contribution in [2.24, 2.45) is 0 Å². The third kappa shape index (κ3) is 5.07. The summed E-state index contributed by atoms with van der Waals surface area (Å²) in [6.07, 6.45) is 0. The molecule has 0 atom stereocenters. The van der Waals surface area contributed by atoms with Gasteiger partial charge in [-0.3, -0.25) is 4.79 Å². The zero-order chi connectivity index (χ0) is 25.2. The number of carbonyl (C=O) groups is 2. The summed E-state index contributed by atoms with van der Waals surface area (Å²) in [4.78, 5) is 25.5. The maximum atomic E-state index is 13.1. The van der Waals surface area contributed by atoms with E-state index in [-0.39, 0.29) is 17.3 Å². The molecule has 0 bridgehead atoms. The molecule has 8 nitrogen and oxygen atoms in total. The van der Waals surface area contributed by atoms with Crippen LogP contribution in [-0.2, 0) is 19.5 Å². The second kappa shape index (κ2) is 10.2. The van der Waals surface area contributed by atoms with Crippen LogP contribution in [0, 0.1) is 20.8 Å². The van der Waals surface area contributed by atoms with E-state index in [2.05, 4.69) is 0 Å². The van der Waals surface area contributed by atoms with E-state index in [9.17, 15) is 18.0 Å². The molecule has 0 spiro atoms. The van der Waals surface area contributed by atoms with Gasteiger partial charge in [0, 0.05) is 35.7 Å². The number of hydrogen-bond acceptors (Lipinski definition) is 6. The molecular weight excluding hydrogens is 468 g/mol. The monoisotopic (exact) mass is 496 g/mol. The van der Waals surface area contributed by atoms with Gasteiger partial charge < -0.3 is 14.0 Å². The summed E-state index contributed by atoms with van der Waals surface area (Å²) in [5, 5.41) is 0. The molecule has 1 fully saturated rings. The molecule has 184 valence electrons. The molecule has 0 amide bonds. The maximum Gasteiger partial charge on any atom is 0.338 e. The van der Waals surface area contributed by atoms with Gasteiger partial charge in [-0.2, -0.15) is 4.31 Å². The number of aryl methyl sites for hydroxylation is 2. The van der Waals surface area contributed by atoms with Crippen molar-refractivity contribution in [3.8, 4) is 5.69 Å². The Kier molecular flexibility index (Phi) is 7.20. The first-order valence-electron chi connectivity index (χ1n) is 11.3. The number of nitrogens with zero attached hydrogens (tertiary/aromatic N) is 2. The van der Waals surface area contributed by atoms with E-state index in [1.807, 2.05) is 17.6 Å². The fraction of sp³-hybridized carbons (Fsp3) is 0.308. The summed E-state index contributed by atoms with van der Waals surface area (Å²) in [5.74, 6) is -0.880. The first-order valence-corrected chi connectivity index (χ1v) is 12.8. The van der Waals surface area contributed by atoms with Crippen LogP contribution in [0.3, 0.4) is 0 Å². The van der Waals surface area contributed by atoms with Gasteiger partial charge in [-0.05, 0) is 56.7 Å². The van der Waals surface area contributed by atoms with E-state index in [1.165, 1.54) is 4.31 Å². The molecule has 0 aliphatic carbocycles. The van der Waals surface area contributed by atoms with E-state index >= 15 is 0 Å². The van der Waals surface area contributed by atoms with Crippen LogP contribution in [0.25, 0.3) is 5.69 Å². The average molecular weight is 497 g/mol. The summed E-state index contributed by atoms with van der Waals surface area (Å²) < 4.78 is 40.0. The zero-order valence-corrected chi connectivity index (χ0v) is 20.8. The highest BCUT2D eigenvalue weighted by Gasteiger charge is 2.27. The number of carbonyl (C=O) groups excluding carboxylic acids is 2. The van der Waals surface area contributed by atoms with Gasteiger partial charge in [-0.25, -0.2) is 13.2 Å². The number of esters is 1. The lowest BCUT2D eigenvalue weighted by Gasteiger charge is -2.26.